The first-order chi connectivity index (χ1) is 12.2. The summed E-state index contributed by atoms with van der Waals surface area (Å²) < 4.78 is 40.3. The predicted molar refractivity (Wildman–Crippen MR) is 91.8 cm³/mol. The van der Waals surface area contributed by atoms with Crippen LogP contribution in [0.5, 0.6) is 0 Å². The normalized spacial score (nSPS) is 14.2. The maximum Gasteiger partial charge on any atom is 0.424 e. The number of aromatic nitrogens is 2. The average molecular weight is 381 g/mol. The first-order valence-corrected chi connectivity index (χ1v) is 8.43. The molecule has 5 nitrogen and oxygen atoms in total. The molecule has 1 unspecified atom stereocenters. The number of carbonyl (C=O) groups is 1. The Balaban J connectivity index is 1.83. The van der Waals surface area contributed by atoms with Crippen LogP contribution in [0.1, 0.15) is 17.1 Å². The molecule has 0 fully saturated rings. The summed E-state index contributed by atoms with van der Waals surface area (Å²) in [5.74, 6) is -0.971. The zero-order valence-corrected chi connectivity index (χ0v) is 14.4. The Morgan fingerprint density at radius 1 is 1.31 bits per heavy atom. The van der Waals surface area contributed by atoms with E-state index in [2.05, 4.69) is 15.3 Å². The van der Waals surface area contributed by atoms with Crippen LogP contribution in [-0.2, 0) is 10.4 Å². The zero-order valence-electron chi connectivity index (χ0n) is 13.5. The Bertz CT molecular complexity index is 958. The highest BCUT2D eigenvalue weighted by atomic mass is 32.1. The third kappa shape index (κ3) is 3.54. The number of aliphatic hydroxyl groups is 1. The van der Waals surface area contributed by atoms with E-state index in [1.165, 1.54) is 18.4 Å². The van der Waals surface area contributed by atoms with Crippen LogP contribution in [-0.4, -0.2) is 27.2 Å². The molecular weight excluding hydrogens is 367 g/mol. The molecule has 0 aliphatic carbocycles. The van der Waals surface area contributed by atoms with Gasteiger partial charge >= 0.3 is 6.18 Å². The number of aryl methyl sites for hydroxylation is 1. The summed E-state index contributed by atoms with van der Waals surface area (Å²) in [5.41, 5.74) is -1.99. The summed E-state index contributed by atoms with van der Waals surface area (Å²) in [5, 5.41) is 14.2. The van der Waals surface area contributed by atoms with Crippen molar-refractivity contribution in [2.45, 2.75) is 25.1 Å². The van der Waals surface area contributed by atoms with Crippen LogP contribution in [0.4, 0.5) is 18.9 Å². The van der Waals surface area contributed by atoms with Crippen molar-refractivity contribution in [1.29, 1.82) is 0 Å². The second kappa shape index (κ2) is 6.65. The van der Waals surface area contributed by atoms with Crippen LogP contribution in [0, 0.1) is 6.92 Å². The van der Waals surface area contributed by atoms with E-state index in [9.17, 15) is 23.1 Å². The molecule has 136 valence electrons. The lowest BCUT2D eigenvalue weighted by Gasteiger charge is -2.27. The summed E-state index contributed by atoms with van der Waals surface area (Å²) in [6.07, 6.45) is -4.61. The Hall–Kier alpha value is -2.52. The summed E-state index contributed by atoms with van der Waals surface area (Å²) in [6.45, 7) is 1.51. The van der Waals surface area contributed by atoms with Crippen molar-refractivity contribution in [3.05, 3.63) is 52.6 Å². The lowest BCUT2D eigenvalue weighted by atomic mass is 9.99. The fraction of sp³-hybridized carbons (Fsp3) is 0.235. The average Bonchev–Trinajstić information content (AvgIpc) is 3.00. The molecule has 0 spiro atoms. The minimum atomic E-state index is -5.04. The number of thiazole rings is 1. The zero-order chi connectivity index (χ0) is 18.9. The molecular formula is C17H14F3N3O2S. The van der Waals surface area contributed by atoms with E-state index in [0.717, 1.165) is 5.39 Å². The molecule has 3 aromatic rings. The third-order valence-electron chi connectivity index (χ3n) is 3.74. The van der Waals surface area contributed by atoms with Crippen LogP contribution in [0.2, 0.25) is 0 Å². The van der Waals surface area contributed by atoms with E-state index in [1.54, 1.807) is 30.5 Å². The van der Waals surface area contributed by atoms with Gasteiger partial charge in [0.15, 0.2) is 0 Å². The van der Waals surface area contributed by atoms with Crippen LogP contribution in [0.25, 0.3) is 10.9 Å². The van der Waals surface area contributed by atoms with Crippen molar-refractivity contribution in [3.8, 4) is 0 Å². The number of hydrogen-bond acceptors (Lipinski definition) is 5. The van der Waals surface area contributed by atoms with Gasteiger partial charge < -0.3 is 10.4 Å². The van der Waals surface area contributed by atoms with Gasteiger partial charge in [-0.25, -0.2) is 4.98 Å². The highest BCUT2D eigenvalue weighted by Gasteiger charge is 2.58. The highest BCUT2D eigenvalue weighted by Crippen LogP contribution is 2.43. The van der Waals surface area contributed by atoms with Crippen molar-refractivity contribution in [3.63, 3.8) is 0 Å². The van der Waals surface area contributed by atoms with Crippen LogP contribution in [0.3, 0.4) is 0 Å². The van der Waals surface area contributed by atoms with Gasteiger partial charge in [0.1, 0.15) is 5.01 Å². The number of benzene rings is 1. The van der Waals surface area contributed by atoms with Gasteiger partial charge in [0, 0.05) is 28.3 Å². The van der Waals surface area contributed by atoms with Gasteiger partial charge in [-0.2, -0.15) is 13.2 Å². The van der Waals surface area contributed by atoms with Gasteiger partial charge in [-0.3, -0.25) is 9.78 Å². The number of carbonyl (C=O) groups excluding carboxylic acids is 1. The molecule has 0 bridgehead atoms. The SMILES string of the molecule is Cc1csc(C(O)(CC(=O)Nc2ccc3ncccc3c2)C(F)(F)F)n1. The molecule has 0 radical (unpaired) electrons. The van der Waals surface area contributed by atoms with E-state index < -0.39 is 29.1 Å². The summed E-state index contributed by atoms with van der Waals surface area (Å²) in [4.78, 5) is 20.0. The van der Waals surface area contributed by atoms with Crippen LogP contribution >= 0.6 is 11.3 Å². The molecule has 1 amide bonds. The van der Waals surface area contributed by atoms with Gasteiger partial charge in [-0.1, -0.05) is 6.07 Å². The number of pyridine rings is 1. The van der Waals surface area contributed by atoms with Gasteiger partial charge in [0.2, 0.25) is 11.5 Å². The van der Waals surface area contributed by atoms with Crippen molar-refractivity contribution < 1.29 is 23.1 Å². The van der Waals surface area contributed by atoms with Gasteiger partial charge in [-0.15, -0.1) is 11.3 Å². The minimum absolute atomic E-state index is 0.315. The monoisotopic (exact) mass is 381 g/mol. The Labute approximate surface area is 150 Å². The summed E-state index contributed by atoms with van der Waals surface area (Å²) in [7, 11) is 0. The third-order valence-corrected chi connectivity index (χ3v) is 4.86. The van der Waals surface area contributed by atoms with E-state index >= 15 is 0 Å². The minimum Gasteiger partial charge on any atom is -0.374 e. The van der Waals surface area contributed by atoms with Gasteiger partial charge in [-0.05, 0) is 31.2 Å². The fourth-order valence-electron chi connectivity index (χ4n) is 2.43. The molecule has 2 N–H and O–H groups in total. The number of nitrogens with one attached hydrogen (secondary N) is 1. The number of halogens is 3. The molecule has 0 aliphatic heterocycles. The smallest absolute Gasteiger partial charge is 0.374 e. The van der Waals surface area contributed by atoms with Crippen molar-refractivity contribution >= 4 is 33.8 Å². The summed E-state index contributed by atoms with van der Waals surface area (Å²) in [6, 6.07) is 8.25. The topological polar surface area (TPSA) is 75.1 Å². The molecule has 2 heterocycles. The Morgan fingerprint density at radius 2 is 2.08 bits per heavy atom. The predicted octanol–water partition coefficient (Wildman–Crippen LogP) is 3.78. The molecule has 9 heteroatoms. The quantitative estimate of drug-likeness (QED) is 0.721. The van der Waals surface area contributed by atoms with Crippen LogP contribution < -0.4 is 5.32 Å². The number of rotatable bonds is 4. The number of anilines is 1. The molecule has 1 atom stereocenters. The maximum atomic E-state index is 13.4. The van der Waals surface area contributed by atoms with Crippen molar-refractivity contribution in [2.24, 2.45) is 0 Å². The second-order valence-electron chi connectivity index (χ2n) is 5.79. The second-order valence-corrected chi connectivity index (χ2v) is 6.65. The Morgan fingerprint density at radius 3 is 2.73 bits per heavy atom. The maximum absolute atomic E-state index is 13.4. The summed E-state index contributed by atoms with van der Waals surface area (Å²) >= 11 is 0.664. The van der Waals surface area contributed by atoms with E-state index in [4.69, 9.17) is 0 Å². The standard InChI is InChI=1S/C17H14F3N3O2S/c1-10-9-26-15(22-10)16(25,17(18,19)20)8-14(24)23-12-4-5-13-11(7-12)3-2-6-21-13/h2-7,9,25H,8H2,1H3,(H,23,24). The van der Waals surface area contributed by atoms with E-state index in [0.29, 0.717) is 28.2 Å². The largest absolute Gasteiger partial charge is 0.424 e. The first-order valence-electron chi connectivity index (χ1n) is 7.55. The lowest BCUT2D eigenvalue weighted by Crippen LogP contribution is -2.45. The fourth-order valence-corrected chi connectivity index (χ4v) is 3.35. The molecule has 0 saturated carbocycles. The van der Waals surface area contributed by atoms with E-state index in [-0.39, 0.29) is 0 Å². The van der Waals surface area contributed by atoms with Gasteiger partial charge in [0.25, 0.3) is 0 Å². The van der Waals surface area contributed by atoms with Crippen molar-refractivity contribution in [1.82, 2.24) is 9.97 Å². The number of amides is 1. The molecule has 1 aromatic carbocycles. The molecule has 0 saturated heterocycles. The number of fused-ring (bicyclic) bond motifs is 1. The molecule has 0 aliphatic rings. The van der Waals surface area contributed by atoms with E-state index in [1.807, 2.05) is 0 Å². The Kier molecular flexibility index (Phi) is 4.68. The number of hydrogen-bond donors (Lipinski definition) is 2. The van der Waals surface area contributed by atoms with Gasteiger partial charge in [0.05, 0.1) is 11.9 Å². The number of alkyl halides is 3. The van der Waals surface area contributed by atoms with Crippen molar-refractivity contribution in [2.75, 3.05) is 5.32 Å². The molecule has 3 rings (SSSR count). The first kappa shape index (κ1) is 18.3. The molecule has 2 aromatic heterocycles. The van der Waals surface area contributed by atoms with Crippen LogP contribution in [0.15, 0.2) is 41.9 Å². The highest BCUT2D eigenvalue weighted by molar-refractivity contribution is 7.09. The number of nitrogens with zero attached hydrogens (tertiary/aromatic N) is 2. The lowest BCUT2D eigenvalue weighted by molar-refractivity contribution is -0.266. The molecule has 26 heavy (non-hydrogen) atoms.